The first-order valence-electron chi connectivity index (χ1n) is 6.34. The molecule has 1 aromatic heterocycles. The van der Waals surface area contributed by atoms with Crippen LogP contribution in [0.4, 0.5) is 0 Å². The highest BCUT2D eigenvalue weighted by Crippen LogP contribution is 2.18. The van der Waals surface area contributed by atoms with Crippen LogP contribution in [0.2, 0.25) is 0 Å². The van der Waals surface area contributed by atoms with Gasteiger partial charge in [0.05, 0.1) is 10.5 Å². The summed E-state index contributed by atoms with van der Waals surface area (Å²) >= 11 is 4.99. The second kappa shape index (κ2) is 5.54. The Bertz CT molecular complexity index is 662. The minimum absolute atomic E-state index is 0.145. The molecule has 0 aliphatic rings. The van der Waals surface area contributed by atoms with Crippen LogP contribution in [0.3, 0.4) is 0 Å². The van der Waals surface area contributed by atoms with Gasteiger partial charge in [-0.3, -0.25) is 9.78 Å². The monoisotopic (exact) mass is 287 g/mol. The fourth-order valence-electron chi connectivity index (χ4n) is 1.78. The van der Waals surface area contributed by atoms with Gasteiger partial charge in [-0.15, -0.1) is 0 Å². The van der Waals surface area contributed by atoms with Gasteiger partial charge in [-0.05, 0) is 18.2 Å². The number of pyridine rings is 1. The smallest absolute Gasteiger partial charge is 0.251 e. The van der Waals surface area contributed by atoms with Crippen LogP contribution in [0.25, 0.3) is 10.9 Å². The van der Waals surface area contributed by atoms with E-state index in [0.29, 0.717) is 17.1 Å². The summed E-state index contributed by atoms with van der Waals surface area (Å²) in [6.07, 6.45) is 1.71. The average molecular weight is 287 g/mol. The molecule has 104 valence electrons. The van der Waals surface area contributed by atoms with E-state index in [9.17, 15) is 4.79 Å². The van der Waals surface area contributed by atoms with Crippen LogP contribution in [0.15, 0.2) is 36.5 Å². The van der Waals surface area contributed by atoms with Crippen molar-refractivity contribution in [2.75, 3.05) is 6.54 Å². The number of nitrogens with two attached hydrogens (primary N) is 1. The van der Waals surface area contributed by atoms with Gasteiger partial charge >= 0.3 is 0 Å². The number of hydrogen-bond acceptors (Lipinski definition) is 3. The Morgan fingerprint density at radius 1 is 1.35 bits per heavy atom. The summed E-state index contributed by atoms with van der Waals surface area (Å²) in [6.45, 7) is 4.21. The first-order valence-corrected chi connectivity index (χ1v) is 6.74. The number of nitrogens with one attached hydrogen (secondary N) is 1. The predicted molar refractivity (Wildman–Crippen MR) is 84.6 cm³/mol. The van der Waals surface area contributed by atoms with Gasteiger partial charge in [0.2, 0.25) is 0 Å². The lowest BCUT2D eigenvalue weighted by atomic mass is 9.93. The van der Waals surface area contributed by atoms with E-state index >= 15 is 0 Å². The van der Waals surface area contributed by atoms with E-state index in [0.717, 1.165) is 10.9 Å². The van der Waals surface area contributed by atoms with Crippen LogP contribution in [-0.2, 0) is 0 Å². The van der Waals surface area contributed by atoms with Crippen molar-refractivity contribution < 1.29 is 4.79 Å². The van der Waals surface area contributed by atoms with Crippen molar-refractivity contribution in [3.05, 3.63) is 42.1 Å². The molecule has 1 aromatic carbocycles. The zero-order chi connectivity index (χ0) is 14.8. The van der Waals surface area contributed by atoms with Crippen LogP contribution in [-0.4, -0.2) is 22.4 Å². The lowest BCUT2D eigenvalue weighted by Crippen LogP contribution is -2.41. The van der Waals surface area contributed by atoms with Gasteiger partial charge in [0.25, 0.3) is 5.91 Å². The Hall–Kier alpha value is -2.01. The molecule has 0 saturated carbocycles. The highest BCUT2D eigenvalue weighted by molar-refractivity contribution is 7.80. The van der Waals surface area contributed by atoms with Gasteiger partial charge in [0.1, 0.15) is 0 Å². The highest BCUT2D eigenvalue weighted by atomic mass is 32.1. The molecular weight excluding hydrogens is 270 g/mol. The summed E-state index contributed by atoms with van der Waals surface area (Å²) in [5, 5.41) is 3.71. The maximum Gasteiger partial charge on any atom is 0.251 e. The van der Waals surface area contributed by atoms with Crippen molar-refractivity contribution in [3.63, 3.8) is 0 Å². The Balaban J connectivity index is 2.22. The minimum atomic E-state index is -0.409. The Morgan fingerprint density at radius 3 is 2.80 bits per heavy atom. The summed E-state index contributed by atoms with van der Waals surface area (Å²) in [7, 11) is 0. The molecule has 0 radical (unpaired) electrons. The number of carbonyl (C=O) groups is 1. The second-order valence-corrected chi connectivity index (χ2v) is 5.75. The number of hydrogen-bond donors (Lipinski definition) is 2. The molecule has 2 rings (SSSR count). The van der Waals surface area contributed by atoms with E-state index in [1.807, 2.05) is 38.1 Å². The summed E-state index contributed by atoms with van der Waals surface area (Å²) in [5.41, 5.74) is 6.65. The van der Waals surface area contributed by atoms with Crippen LogP contribution < -0.4 is 11.1 Å². The maximum atomic E-state index is 12.3. The number of rotatable bonds is 4. The molecule has 1 amide bonds. The molecule has 0 aliphatic carbocycles. The first kappa shape index (κ1) is 14.4. The molecule has 0 saturated heterocycles. The second-order valence-electron chi connectivity index (χ2n) is 5.31. The average Bonchev–Trinajstić information content (AvgIpc) is 2.44. The standard InChI is InChI=1S/C15H17N3OS/c1-15(2,14(16)20)9-18-13(19)11-5-3-7-12-10(11)6-4-8-17-12/h3-8H,9H2,1-2H3,(H2,16,20)(H,18,19). The quantitative estimate of drug-likeness (QED) is 0.847. The zero-order valence-electron chi connectivity index (χ0n) is 11.5. The minimum Gasteiger partial charge on any atom is -0.393 e. The molecular formula is C15H17N3OS. The molecule has 20 heavy (non-hydrogen) atoms. The van der Waals surface area contributed by atoms with E-state index in [4.69, 9.17) is 18.0 Å². The molecule has 0 unspecified atom stereocenters. The summed E-state index contributed by atoms with van der Waals surface area (Å²) < 4.78 is 0. The van der Waals surface area contributed by atoms with Crippen molar-refractivity contribution in [1.29, 1.82) is 0 Å². The number of amides is 1. The number of benzene rings is 1. The van der Waals surface area contributed by atoms with Gasteiger partial charge in [-0.2, -0.15) is 0 Å². The number of fused-ring (bicyclic) bond motifs is 1. The zero-order valence-corrected chi connectivity index (χ0v) is 12.3. The van der Waals surface area contributed by atoms with Gasteiger partial charge < -0.3 is 11.1 Å². The molecule has 3 N–H and O–H groups in total. The SMILES string of the molecule is CC(C)(CNC(=O)c1cccc2ncccc12)C(N)=S. The third kappa shape index (κ3) is 2.93. The molecule has 5 heteroatoms. The fraction of sp³-hybridized carbons (Fsp3) is 0.267. The van der Waals surface area contributed by atoms with Crippen molar-refractivity contribution >= 4 is 34.0 Å². The van der Waals surface area contributed by atoms with Gasteiger partial charge in [-0.1, -0.05) is 38.2 Å². The topological polar surface area (TPSA) is 68.0 Å². The van der Waals surface area contributed by atoms with Crippen molar-refractivity contribution in [2.24, 2.45) is 11.1 Å². The predicted octanol–water partition coefficient (Wildman–Crippen LogP) is 2.28. The Labute approximate surface area is 123 Å². The fourth-order valence-corrected chi connectivity index (χ4v) is 1.86. The van der Waals surface area contributed by atoms with Crippen LogP contribution >= 0.6 is 12.2 Å². The summed E-state index contributed by atoms with van der Waals surface area (Å²) in [4.78, 5) is 16.9. The first-order chi connectivity index (χ1) is 9.42. The maximum absolute atomic E-state index is 12.3. The van der Waals surface area contributed by atoms with E-state index < -0.39 is 5.41 Å². The molecule has 0 atom stereocenters. The van der Waals surface area contributed by atoms with E-state index in [1.54, 1.807) is 12.3 Å². The van der Waals surface area contributed by atoms with Crippen LogP contribution in [0.1, 0.15) is 24.2 Å². The largest absolute Gasteiger partial charge is 0.393 e. The third-order valence-corrected chi connectivity index (χ3v) is 3.80. The molecule has 0 bridgehead atoms. The van der Waals surface area contributed by atoms with Crippen molar-refractivity contribution in [3.8, 4) is 0 Å². The highest BCUT2D eigenvalue weighted by Gasteiger charge is 2.22. The van der Waals surface area contributed by atoms with Crippen molar-refractivity contribution in [2.45, 2.75) is 13.8 Å². The van der Waals surface area contributed by atoms with Gasteiger partial charge in [0, 0.05) is 29.1 Å². The lowest BCUT2D eigenvalue weighted by molar-refractivity contribution is 0.0946. The summed E-state index contributed by atoms with van der Waals surface area (Å²) in [6, 6.07) is 9.19. The van der Waals surface area contributed by atoms with Gasteiger partial charge in [0.15, 0.2) is 0 Å². The normalized spacial score (nSPS) is 11.3. The number of aromatic nitrogens is 1. The number of nitrogens with zero attached hydrogens (tertiary/aromatic N) is 1. The van der Waals surface area contributed by atoms with E-state index in [-0.39, 0.29) is 5.91 Å². The van der Waals surface area contributed by atoms with Crippen LogP contribution in [0, 0.1) is 5.41 Å². The molecule has 1 heterocycles. The molecule has 2 aromatic rings. The van der Waals surface area contributed by atoms with Gasteiger partial charge in [-0.25, -0.2) is 0 Å². The molecule has 0 aliphatic heterocycles. The lowest BCUT2D eigenvalue weighted by Gasteiger charge is -2.23. The van der Waals surface area contributed by atoms with Crippen LogP contribution in [0.5, 0.6) is 0 Å². The number of carbonyl (C=O) groups excluding carboxylic acids is 1. The Kier molecular flexibility index (Phi) is 3.99. The molecule has 4 nitrogen and oxygen atoms in total. The molecule has 0 spiro atoms. The van der Waals surface area contributed by atoms with E-state index in [1.165, 1.54) is 0 Å². The molecule has 0 fully saturated rings. The van der Waals surface area contributed by atoms with Crippen molar-refractivity contribution in [1.82, 2.24) is 10.3 Å². The number of thiocarbonyl (C=S) groups is 1. The Morgan fingerprint density at radius 2 is 2.10 bits per heavy atom. The summed E-state index contributed by atoms with van der Waals surface area (Å²) in [5.74, 6) is -0.145. The third-order valence-electron chi connectivity index (χ3n) is 3.25. The van der Waals surface area contributed by atoms with E-state index in [2.05, 4.69) is 10.3 Å².